The zero-order valence-electron chi connectivity index (χ0n) is 12.1. The van der Waals surface area contributed by atoms with E-state index in [1.54, 1.807) is 0 Å². The van der Waals surface area contributed by atoms with E-state index >= 15 is 0 Å². The second-order valence-corrected chi connectivity index (χ2v) is 4.87. The Morgan fingerprint density at radius 3 is 2.79 bits per heavy atom. The van der Waals surface area contributed by atoms with Crippen LogP contribution in [0, 0.1) is 6.92 Å². The zero-order chi connectivity index (χ0) is 13.7. The van der Waals surface area contributed by atoms with E-state index in [2.05, 4.69) is 60.1 Å². The van der Waals surface area contributed by atoms with E-state index in [-0.39, 0.29) is 0 Å². The van der Waals surface area contributed by atoms with Crippen molar-refractivity contribution in [2.75, 3.05) is 6.54 Å². The molecule has 3 heteroatoms. The van der Waals surface area contributed by atoms with Crippen molar-refractivity contribution >= 4 is 0 Å². The molecular weight excluding hydrogens is 234 g/mol. The topological polar surface area (TPSA) is 29.9 Å². The second-order valence-electron chi connectivity index (χ2n) is 4.87. The molecule has 2 rings (SSSR count). The standard InChI is InChI=1S/C16H23N3/c1-4-10-19-16(8-9-18-19)15-11-14(12-17-5-2)7-6-13(15)3/h6-9,11,17H,4-5,10,12H2,1-3H3. The summed E-state index contributed by atoms with van der Waals surface area (Å²) in [6.45, 7) is 9.36. The maximum atomic E-state index is 4.42. The molecule has 102 valence electrons. The van der Waals surface area contributed by atoms with Gasteiger partial charge in [-0.05, 0) is 43.1 Å². The number of nitrogens with one attached hydrogen (secondary N) is 1. The van der Waals surface area contributed by atoms with Gasteiger partial charge in [0.15, 0.2) is 0 Å². The average Bonchev–Trinajstić information content (AvgIpc) is 2.86. The van der Waals surface area contributed by atoms with Crippen LogP contribution >= 0.6 is 0 Å². The molecule has 0 radical (unpaired) electrons. The van der Waals surface area contributed by atoms with Crippen LogP contribution in [-0.4, -0.2) is 16.3 Å². The maximum absolute atomic E-state index is 4.42. The number of aryl methyl sites for hydroxylation is 2. The molecule has 1 N–H and O–H groups in total. The molecular formula is C16H23N3. The molecule has 1 aromatic carbocycles. The molecule has 0 fully saturated rings. The van der Waals surface area contributed by atoms with Crippen molar-refractivity contribution in [2.24, 2.45) is 0 Å². The van der Waals surface area contributed by atoms with Crippen molar-refractivity contribution in [3.63, 3.8) is 0 Å². The van der Waals surface area contributed by atoms with Gasteiger partial charge in [-0.2, -0.15) is 5.10 Å². The van der Waals surface area contributed by atoms with Gasteiger partial charge in [-0.25, -0.2) is 0 Å². The highest BCUT2D eigenvalue weighted by Gasteiger charge is 2.08. The van der Waals surface area contributed by atoms with E-state index in [1.807, 2.05) is 6.20 Å². The first-order valence-corrected chi connectivity index (χ1v) is 7.08. The smallest absolute Gasteiger partial charge is 0.0684 e. The predicted octanol–water partition coefficient (Wildman–Crippen LogP) is 3.38. The van der Waals surface area contributed by atoms with Gasteiger partial charge in [0, 0.05) is 24.8 Å². The lowest BCUT2D eigenvalue weighted by molar-refractivity contribution is 0.608. The van der Waals surface area contributed by atoms with Crippen molar-refractivity contribution in [1.82, 2.24) is 15.1 Å². The first-order valence-electron chi connectivity index (χ1n) is 7.08. The highest BCUT2D eigenvalue weighted by Crippen LogP contribution is 2.24. The third-order valence-electron chi connectivity index (χ3n) is 3.31. The Balaban J connectivity index is 2.34. The lowest BCUT2D eigenvalue weighted by Gasteiger charge is -2.11. The van der Waals surface area contributed by atoms with E-state index in [4.69, 9.17) is 0 Å². The predicted molar refractivity (Wildman–Crippen MR) is 80.1 cm³/mol. The molecule has 1 heterocycles. The Bertz CT molecular complexity index is 529. The van der Waals surface area contributed by atoms with Crippen LogP contribution in [0.1, 0.15) is 31.4 Å². The molecule has 0 bridgehead atoms. The molecule has 1 aromatic heterocycles. The summed E-state index contributed by atoms with van der Waals surface area (Å²) in [4.78, 5) is 0. The van der Waals surface area contributed by atoms with E-state index in [0.29, 0.717) is 0 Å². The summed E-state index contributed by atoms with van der Waals surface area (Å²) in [7, 11) is 0. The first kappa shape index (κ1) is 13.8. The van der Waals surface area contributed by atoms with Gasteiger partial charge in [0.05, 0.1) is 5.69 Å². The maximum Gasteiger partial charge on any atom is 0.0684 e. The number of nitrogens with zero attached hydrogens (tertiary/aromatic N) is 2. The van der Waals surface area contributed by atoms with Crippen LogP contribution in [0.15, 0.2) is 30.5 Å². The molecule has 2 aromatic rings. The Morgan fingerprint density at radius 2 is 2.05 bits per heavy atom. The van der Waals surface area contributed by atoms with Crippen LogP contribution < -0.4 is 5.32 Å². The number of rotatable bonds is 6. The average molecular weight is 257 g/mol. The number of hydrogen-bond donors (Lipinski definition) is 1. The molecule has 0 saturated heterocycles. The summed E-state index contributed by atoms with van der Waals surface area (Å²) in [5, 5.41) is 7.79. The minimum atomic E-state index is 0.922. The highest BCUT2D eigenvalue weighted by molar-refractivity contribution is 5.64. The quantitative estimate of drug-likeness (QED) is 0.859. The normalized spacial score (nSPS) is 10.9. The van der Waals surface area contributed by atoms with Crippen molar-refractivity contribution in [3.8, 4) is 11.3 Å². The van der Waals surface area contributed by atoms with E-state index in [1.165, 1.54) is 22.4 Å². The van der Waals surface area contributed by atoms with Crippen molar-refractivity contribution in [2.45, 2.75) is 40.3 Å². The Kier molecular flexibility index (Phi) is 4.74. The first-order chi connectivity index (χ1) is 9.26. The van der Waals surface area contributed by atoms with Gasteiger partial charge < -0.3 is 5.32 Å². The molecule has 19 heavy (non-hydrogen) atoms. The van der Waals surface area contributed by atoms with Crippen molar-refractivity contribution in [1.29, 1.82) is 0 Å². The summed E-state index contributed by atoms with van der Waals surface area (Å²) >= 11 is 0. The third kappa shape index (κ3) is 3.24. The largest absolute Gasteiger partial charge is 0.313 e. The summed E-state index contributed by atoms with van der Waals surface area (Å²) in [5.41, 5.74) is 5.14. The van der Waals surface area contributed by atoms with E-state index < -0.39 is 0 Å². The Labute approximate surface area is 115 Å². The molecule has 3 nitrogen and oxygen atoms in total. The van der Waals surface area contributed by atoms with Crippen LogP contribution in [-0.2, 0) is 13.1 Å². The fourth-order valence-corrected chi connectivity index (χ4v) is 2.28. The molecule has 0 aliphatic heterocycles. The number of hydrogen-bond acceptors (Lipinski definition) is 2. The molecule has 0 aliphatic carbocycles. The summed E-state index contributed by atoms with van der Waals surface area (Å²) in [6, 6.07) is 8.78. The molecule has 0 saturated carbocycles. The molecule has 0 aliphatic rings. The molecule has 0 unspecified atom stereocenters. The van der Waals surface area contributed by atoms with Crippen molar-refractivity contribution < 1.29 is 0 Å². The van der Waals surface area contributed by atoms with Crippen LogP contribution in [0.5, 0.6) is 0 Å². The van der Waals surface area contributed by atoms with Gasteiger partial charge in [-0.15, -0.1) is 0 Å². The molecule has 0 atom stereocenters. The van der Waals surface area contributed by atoms with Gasteiger partial charge in [-0.3, -0.25) is 4.68 Å². The van der Waals surface area contributed by atoms with Gasteiger partial charge in [0.25, 0.3) is 0 Å². The zero-order valence-corrected chi connectivity index (χ0v) is 12.1. The number of aromatic nitrogens is 2. The van der Waals surface area contributed by atoms with Gasteiger partial charge in [-0.1, -0.05) is 26.0 Å². The Hall–Kier alpha value is -1.61. The SMILES string of the molecule is CCCn1nccc1-c1cc(CNCC)ccc1C. The third-order valence-corrected chi connectivity index (χ3v) is 3.31. The van der Waals surface area contributed by atoms with Gasteiger partial charge in [0.1, 0.15) is 0 Å². The minimum Gasteiger partial charge on any atom is -0.313 e. The highest BCUT2D eigenvalue weighted by atomic mass is 15.3. The fourth-order valence-electron chi connectivity index (χ4n) is 2.28. The summed E-state index contributed by atoms with van der Waals surface area (Å²) in [5.74, 6) is 0. The van der Waals surface area contributed by atoms with Crippen molar-refractivity contribution in [3.05, 3.63) is 41.6 Å². The van der Waals surface area contributed by atoms with Crippen LogP contribution in [0.2, 0.25) is 0 Å². The van der Waals surface area contributed by atoms with Gasteiger partial charge >= 0.3 is 0 Å². The van der Waals surface area contributed by atoms with Crippen LogP contribution in [0.4, 0.5) is 0 Å². The summed E-state index contributed by atoms with van der Waals surface area (Å²) < 4.78 is 2.10. The lowest BCUT2D eigenvalue weighted by Crippen LogP contribution is -2.12. The number of benzene rings is 1. The lowest BCUT2D eigenvalue weighted by atomic mass is 10.0. The van der Waals surface area contributed by atoms with Crippen LogP contribution in [0.3, 0.4) is 0 Å². The molecule has 0 spiro atoms. The minimum absolute atomic E-state index is 0.922. The van der Waals surface area contributed by atoms with E-state index in [0.717, 1.165) is 26.1 Å². The van der Waals surface area contributed by atoms with Crippen LogP contribution in [0.25, 0.3) is 11.3 Å². The molecule has 0 amide bonds. The summed E-state index contributed by atoms with van der Waals surface area (Å²) in [6.07, 6.45) is 2.99. The van der Waals surface area contributed by atoms with E-state index in [9.17, 15) is 0 Å². The fraction of sp³-hybridized carbons (Fsp3) is 0.438. The van der Waals surface area contributed by atoms with Gasteiger partial charge in [0.2, 0.25) is 0 Å². The Morgan fingerprint density at radius 1 is 1.21 bits per heavy atom. The monoisotopic (exact) mass is 257 g/mol. The second kappa shape index (κ2) is 6.53.